The first-order valence-electron chi connectivity index (χ1n) is 6.81. The maximum Gasteiger partial charge on any atom is 0.223 e. The zero-order valence-corrected chi connectivity index (χ0v) is 11.7. The Labute approximate surface area is 110 Å². The van der Waals surface area contributed by atoms with Crippen LogP contribution in [-0.2, 0) is 9.59 Å². The topological polar surface area (TPSA) is 52.7 Å². The molecule has 0 aromatic carbocycles. The van der Waals surface area contributed by atoms with Crippen molar-refractivity contribution in [1.82, 2.24) is 15.1 Å². The largest absolute Gasteiger partial charge is 0.339 e. The van der Waals surface area contributed by atoms with Gasteiger partial charge < -0.3 is 15.1 Å². The second kappa shape index (κ2) is 7.36. The summed E-state index contributed by atoms with van der Waals surface area (Å²) in [5, 5.41) is 3.32. The molecule has 0 spiro atoms. The molecule has 2 amide bonds. The molecule has 1 fully saturated rings. The Morgan fingerprint density at radius 3 is 2.22 bits per heavy atom. The Hall–Kier alpha value is -1.10. The van der Waals surface area contributed by atoms with E-state index < -0.39 is 0 Å². The summed E-state index contributed by atoms with van der Waals surface area (Å²) in [6, 6.07) is 0.465. The second-order valence-corrected chi connectivity index (χ2v) is 4.90. The van der Waals surface area contributed by atoms with Crippen molar-refractivity contribution >= 4 is 11.8 Å². The molecule has 0 aromatic rings. The summed E-state index contributed by atoms with van der Waals surface area (Å²) >= 11 is 0. The lowest BCUT2D eigenvalue weighted by Crippen LogP contribution is -2.50. The molecule has 0 bridgehead atoms. The van der Waals surface area contributed by atoms with Crippen LogP contribution in [-0.4, -0.2) is 60.4 Å². The first kappa shape index (κ1) is 15.0. The normalized spacial score (nSPS) is 17.7. The van der Waals surface area contributed by atoms with Gasteiger partial charge in [0.1, 0.15) is 0 Å². The monoisotopic (exact) mass is 255 g/mol. The van der Waals surface area contributed by atoms with Crippen molar-refractivity contribution in [2.24, 2.45) is 0 Å². The van der Waals surface area contributed by atoms with Gasteiger partial charge in [-0.3, -0.25) is 9.59 Å². The summed E-state index contributed by atoms with van der Waals surface area (Å²) in [4.78, 5) is 26.7. The van der Waals surface area contributed by atoms with Crippen LogP contribution in [0.2, 0.25) is 0 Å². The molecule has 1 unspecified atom stereocenters. The SMILES string of the molecule is CCC(C)NCCC(=O)N1CCN(C(C)=O)CC1. The van der Waals surface area contributed by atoms with Crippen LogP contribution in [0.15, 0.2) is 0 Å². The van der Waals surface area contributed by atoms with Crippen molar-refractivity contribution in [3.63, 3.8) is 0 Å². The number of amides is 2. The highest BCUT2D eigenvalue weighted by Gasteiger charge is 2.21. The van der Waals surface area contributed by atoms with Crippen LogP contribution in [0.5, 0.6) is 0 Å². The predicted molar refractivity (Wildman–Crippen MR) is 71.2 cm³/mol. The molecule has 0 aliphatic carbocycles. The Morgan fingerprint density at radius 2 is 1.72 bits per heavy atom. The van der Waals surface area contributed by atoms with Crippen LogP contribution in [0.25, 0.3) is 0 Å². The third-order valence-electron chi connectivity index (χ3n) is 3.52. The Kier molecular flexibility index (Phi) is 6.12. The quantitative estimate of drug-likeness (QED) is 0.776. The van der Waals surface area contributed by atoms with Crippen molar-refractivity contribution in [3.05, 3.63) is 0 Å². The fourth-order valence-corrected chi connectivity index (χ4v) is 2.00. The van der Waals surface area contributed by atoms with Gasteiger partial charge in [0.15, 0.2) is 0 Å². The van der Waals surface area contributed by atoms with Crippen LogP contribution in [0.1, 0.15) is 33.6 Å². The molecule has 1 saturated heterocycles. The van der Waals surface area contributed by atoms with Gasteiger partial charge in [-0.15, -0.1) is 0 Å². The lowest BCUT2D eigenvalue weighted by Gasteiger charge is -2.34. The van der Waals surface area contributed by atoms with Gasteiger partial charge in [0, 0.05) is 52.1 Å². The van der Waals surface area contributed by atoms with Crippen molar-refractivity contribution in [2.75, 3.05) is 32.7 Å². The van der Waals surface area contributed by atoms with E-state index in [4.69, 9.17) is 0 Å². The fourth-order valence-electron chi connectivity index (χ4n) is 2.00. The van der Waals surface area contributed by atoms with Gasteiger partial charge in [-0.2, -0.15) is 0 Å². The van der Waals surface area contributed by atoms with Gasteiger partial charge in [0.05, 0.1) is 0 Å². The molecule has 0 radical (unpaired) electrons. The zero-order chi connectivity index (χ0) is 13.5. The molecule has 1 atom stereocenters. The molecule has 5 nitrogen and oxygen atoms in total. The lowest BCUT2D eigenvalue weighted by atomic mass is 10.2. The van der Waals surface area contributed by atoms with Crippen molar-refractivity contribution in [2.45, 2.75) is 39.7 Å². The van der Waals surface area contributed by atoms with E-state index in [2.05, 4.69) is 19.2 Å². The molecule has 5 heteroatoms. The summed E-state index contributed by atoms with van der Waals surface area (Å²) in [7, 11) is 0. The number of hydrogen-bond donors (Lipinski definition) is 1. The highest BCUT2D eigenvalue weighted by Crippen LogP contribution is 2.04. The van der Waals surface area contributed by atoms with E-state index in [0.717, 1.165) is 13.0 Å². The standard InChI is InChI=1S/C13H25N3O2/c1-4-11(2)14-6-5-13(18)16-9-7-15(8-10-16)12(3)17/h11,14H,4-10H2,1-3H3. The fraction of sp³-hybridized carbons (Fsp3) is 0.846. The summed E-state index contributed by atoms with van der Waals surface area (Å²) < 4.78 is 0. The van der Waals surface area contributed by atoms with E-state index in [1.807, 2.05) is 4.90 Å². The Balaban J connectivity index is 2.22. The van der Waals surface area contributed by atoms with E-state index in [1.165, 1.54) is 0 Å². The van der Waals surface area contributed by atoms with E-state index in [9.17, 15) is 9.59 Å². The van der Waals surface area contributed by atoms with Gasteiger partial charge in [-0.1, -0.05) is 6.92 Å². The maximum atomic E-state index is 11.9. The molecular weight excluding hydrogens is 230 g/mol. The molecule has 18 heavy (non-hydrogen) atoms. The van der Waals surface area contributed by atoms with Gasteiger partial charge in [-0.25, -0.2) is 0 Å². The summed E-state index contributed by atoms with van der Waals surface area (Å²) in [6.07, 6.45) is 1.62. The van der Waals surface area contributed by atoms with Gasteiger partial charge >= 0.3 is 0 Å². The van der Waals surface area contributed by atoms with Crippen LogP contribution < -0.4 is 5.32 Å². The van der Waals surface area contributed by atoms with Crippen molar-refractivity contribution in [3.8, 4) is 0 Å². The summed E-state index contributed by atoms with van der Waals surface area (Å²) in [6.45, 7) is 9.23. The first-order chi connectivity index (χ1) is 8.54. The minimum atomic E-state index is 0.0977. The van der Waals surface area contributed by atoms with E-state index in [0.29, 0.717) is 38.6 Å². The third kappa shape index (κ3) is 4.64. The number of carbonyl (C=O) groups excluding carboxylic acids is 2. The molecule has 104 valence electrons. The smallest absolute Gasteiger partial charge is 0.223 e. The number of carbonyl (C=O) groups is 2. The van der Waals surface area contributed by atoms with Gasteiger partial charge in [-0.05, 0) is 13.3 Å². The number of piperazine rings is 1. The minimum absolute atomic E-state index is 0.0977. The van der Waals surface area contributed by atoms with Crippen LogP contribution in [0.3, 0.4) is 0 Å². The summed E-state index contributed by atoms with van der Waals surface area (Å²) in [5.41, 5.74) is 0. The first-order valence-corrected chi connectivity index (χ1v) is 6.81. The number of nitrogens with one attached hydrogen (secondary N) is 1. The maximum absolute atomic E-state index is 11.9. The highest BCUT2D eigenvalue weighted by atomic mass is 16.2. The van der Waals surface area contributed by atoms with Crippen LogP contribution >= 0.6 is 0 Å². The van der Waals surface area contributed by atoms with E-state index >= 15 is 0 Å². The minimum Gasteiger partial charge on any atom is -0.339 e. The van der Waals surface area contributed by atoms with Crippen molar-refractivity contribution < 1.29 is 9.59 Å². The molecule has 1 N–H and O–H groups in total. The molecule has 1 rings (SSSR count). The number of hydrogen-bond acceptors (Lipinski definition) is 3. The zero-order valence-electron chi connectivity index (χ0n) is 11.7. The highest BCUT2D eigenvalue weighted by molar-refractivity contribution is 5.77. The lowest BCUT2D eigenvalue weighted by molar-refractivity contribution is -0.138. The van der Waals surface area contributed by atoms with E-state index in [1.54, 1.807) is 11.8 Å². The predicted octanol–water partition coefficient (Wildman–Crippen LogP) is 0.455. The molecule has 1 aliphatic rings. The second-order valence-electron chi connectivity index (χ2n) is 4.90. The molecule has 0 saturated carbocycles. The van der Waals surface area contributed by atoms with Crippen LogP contribution in [0.4, 0.5) is 0 Å². The average Bonchev–Trinajstić information content (AvgIpc) is 2.38. The molecule has 1 heterocycles. The Morgan fingerprint density at radius 1 is 1.17 bits per heavy atom. The average molecular weight is 255 g/mol. The molecular formula is C13H25N3O2. The Bertz CT molecular complexity index is 286. The number of nitrogens with zero attached hydrogens (tertiary/aromatic N) is 2. The van der Waals surface area contributed by atoms with Gasteiger partial charge in [0.2, 0.25) is 11.8 Å². The van der Waals surface area contributed by atoms with Gasteiger partial charge in [0.25, 0.3) is 0 Å². The summed E-state index contributed by atoms with van der Waals surface area (Å²) in [5.74, 6) is 0.287. The molecule has 1 aliphatic heterocycles. The third-order valence-corrected chi connectivity index (χ3v) is 3.52. The van der Waals surface area contributed by atoms with Crippen LogP contribution in [0, 0.1) is 0 Å². The number of rotatable bonds is 5. The van der Waals surface area contributed by atoms with E-state index in [-0.39, 0.29) is 11.8 Å². The molecule has 0 aromatic heterocycles. The van der Waals surface area contributed by atoms with Crippen molar-refractivity contribution in [1.29, 1.82) is 0 Å².